The van der Waals surface area contributed by atoms with Crippen LogP contribution < -0.4 is 20.1 Å². The molecule has 0 spiro atoms. The summed E-state index contributed by atoms with van der Waals surface area (Å²) in [6.07, 6.45) is 0. The number of methoxy groups -OCH3 is 2. The van der Waals surface area contributed by atoms with Crippen LogP contribution in [0.4, 0.5) is 17.1 Å². The number of ether oxygens (including phenoxy) is 2. The molecule has 0 fully saturated rings. The first-order chi connectivity index (χ1) is 11.9. The van der Waals surface area contributed by atoms with E-state index in [0.29, 0.717) is 27.9 Å². The molecule has 2 aromatic carbocycles. The van der Waals surface area contributed by atoms with Crippen LogP contribution in [0.3, 0.4) is 0 Å². The van der Waals surface area contributed by atoms with Crippen LogP contribution in [0.15, 0.2) is 36.4 Å². The average Bonchev–Trinajstić information content (AvgIpc) is 2.60. The normalized spacial score (nSPS) is 10.0. The second kappa shape index (κ2) is 8.20. The van der Waals surface area contributed by atoms with Crippen LogP contribution in [0.5, 0.6) is 11.5 Å². The van der Waals surface area contributed by atoms with Gasteiger partial charge < -0.3 is 20.1 Å². The highest BCUT2D eigenvalue weighted by atomic mass is 35.5. The molecule has 8 nitrogen and oxygen atoms in total. The van der Waals surface area contributed by atoms with Crippen molar-refractivity contribution < 1.29 is 19.2 Å². The minimum atomic E-state index is -0.507. The highest BCUT2D eigenvalue weighted by Crippen LogP contribution is 2.35. The SMILES string of the molecule is COc1cc(NCC(=O)Nc2ccc([N+](=O)[O-])cc2)c(OC)cc1Cl. The maximum absolute atomic E-state index is 12.0. The molecule has 2 N–H and O–H groups in total. The number of rotatable bonds is 7. The minimum Gasteiger partial charge on any atom is -0.495 e. The number of nitro groups is 1. The van der Waals surface area contributed by atoms with Gasteiger partial charge in [0, 0.05) is 30.0 Å². The molecule has 25 heavy (non-hydrogen) atoms. The number of benzene rings is 2. The molecule has 0 aromatic heterocycles. The third-order valence-electron chi connectivity index (χ3n) is 3.28. The number of halogens is 1. The number of nitro benzene ring substituents is 1. The van der Waals surface area contributed by atoms with Crippen LogP contribution in [0.1, 0.15) is 0 Å². The Bertz CT molecular complexity index is 780. The summed E-state index contributed by atoms with van der Waals surface area (Å²) in [4.78, 5) is 22.1. The van der Waals surface area contributed by atoms with E-state index in [1.165, 1.54) is 38.5 Å². The molecule has 132 valence electrons. The first kappa shape index (κ1) is 18.3. The van der Waals surface area contributed by atoms with Gasteiger partial charge in [0.25, 0.3) is 5.69 Å². The van der Waals surface area contributed by atoms with E-state index in [1.54, 1.807) is 12.1 Å². The Labute approximate surface area is 148 Å². The summed E-state index contributed by atoms with van der Waals surface area (Å²) in [5.41, 5.74) is 0.953. The molecule has 2 rings (SSSR count). The maximum atomic E-state index is 12.0. The molecule has 0 heterocycles. The van der Waals surface area contributed by atoms with Crippen molar-refractivity contribution in [1.29, 1.82) is 0 Å². The zero-order valence-electron chi connectivity index (χ0n) is 13.5. The van der Waals surface area contributed by atoms with Crippen LogP contribution in [0.2, 0.25) is 5.02 Å². The molecular weight excluding hydrogens is 350 g/mol. The Hall–Kier alpha value is -3.00. The first-order valence-corrected chi connectivity index (χ1v) is 7.52. The van der Waals surface area contributed by atoms with Crippen LogP contribution in [0, 0.1) is 10.1 Å². The molecule has 0 saturated heterocycles. The maximum Gasteiger partial charge on any atom is 0.269 e. The van der Waals surface area contributed by atoms with E-state index in [4.69, 9.17) is 21.1 Å². The highest BCUT2D eigenvalue weighted by molar-refractivity contribution is 6.32. The lowest BCUT2D eigenvalue weighted by Gasteiger charge is -2.14. The lowest BCUT2D eigenvalue weighted by atomic mass is 10.2. The smallest absolute Gasteiger partial charge is 0.269 e. The molecule has 2 aromatic rings. The first-order valence-electron chi connectivity index (χ1n) is 7.14. The lowest BCUT2D eigenvalue weighted by molar-refractivity contribution is -0.384. The third-order valence-corrected chi connectivity index (χ3v) is 3.57. The van der Waals surface area contributed by atoms with Gasteiger partial charge in [-0.1, -0.05) is 11.6 Å². The molecule has 0 bridgehead atoms. The topological polar surface area (TPSA) is 103 Å². The number of hydrogen-bond acceptors (Lipinski definition) is 6. The van der Waals surface area contributed by atoms with E-state index < -0.39 is 4.92 Å². The molecule has 0 atom stereocenters. The number of carbonyl (C=O) groups excluding carboxylic acids is 1. The van der Waals surface area contributed by atoms with Crippen molar-refractivity contribution in [2.24, 2.45) is 0 Å². The summed E-state index contributed by atoms with van der Waals surface area (Å²) >= 11 is 6.03. The number of anilines is 2. The summed E-state index contributed by atoms with van der Waals surface area (Å²) < 4.78 is 10.3. The number of nitrogens with zero attached hydrogens (tertiary/aromatic N) is 1. The van der Waals surface area contributed by atoms with Gasteiger partial charge in [-0.3, -0.25) is 14.9 Å². The zero-order valence-corrected chi connectivity index (χ0v) is 14.3. The Morgan fingerprint density at radius 1 is 1.16 bits per heavy atom. The number of nitrogens with one attached hydrogen (secondary N) is 2. The second-order valence-electron chi connectivity index (χ2n) is 4.89. The fraction of sp³-hybridized carbons (Fsp3) is 0.188. The Kier molecular flexibility index (Phi) is 6.02. The van der Waals surface area contributed by atoms with Crippen LogP contribution >= 0.6 is 11.6 Å². The number of non-ortho nitro benzene ring substituents is 1. The minimum absolute atomic E-state index is 0.0435. The number of hydrogen-bond donors (Lipinski definition) is 2. The van der Waals surface area contributed by atoms with E-state index in [0.717, 1.165) is 0 Å². The van der Waals surface area contributed by atoms with Crippen LogP contribution in [-0.2, 0) is 4.79 Å². The predicted octanol–water partition coefficient (Wildman–Crippen LogP) is 3.32. The molecule has 0 unspecified atom stereocenters. The summed E-state index contributed by atoms with van der Waals surface area (Å²) in [7, 11) is 2.97. The van der Waals surface area contributed by atoms with Crippen molar-refractivity contribution >= 4 is 34.6 Å². The van der Waals surface area contributed by atoms with Gasteiger partial charge in [-0.05, 0) is 12.1 Å². The van der Waals surface area contributed by atoms with Crippen molar-refractivity contribution in [2.45, 2.75) is 0 Å². The predicted molar refractivity (Wildman–Crippen MR) is 94.8 cm³/mol. The monoisotopic (exact) mass is 365 g/mol. The van der Waals surface area contributed by atoms with E-state index >= 15 is 0 Å². The summed E-state index contributed by atoms with van der Waals surface area (Å²) in [6, 6.07) is 8.76. The Balaban J connectivity index is 2.01. The molecule has 1 amide bonds. The molecule has 0 aliphatic rings. The quantitative estimate of drug-likeness (QED) is 0.576. The van der Waals surface area contributed by atoms with Gasteiger partial charge in [0.05, 0.1) is 36.4 Å². The fourth-order valence-corrected chi connectivity index (χ4v) is 2.28. The third kappa shape index (κ3) is 4.74. The fourth-order valence-electron chi connectivity index (χ4n) is 2.05. The molecular formula is C16H16ClN3O5. The molecule has 0 aliphatic heterocycles. The average molecular weight is 366 g/mol. The number of amides is 1. The van der Waals surface area contributed by atoms with Gasteiger partial charge >= 0.3 is 0 Å². The summed E-state index contributed by atoms with van der Waals surface area (Å²) in [5, 5.41) is 16.6. The van der Waals surface area contributed by atoms with Crippen molar-refractivity contribution in [3.05, 3.63) is 51.5 Å². The van der Waals surface area contributed by atoms with Gasteiger partial charge in [0.1, 0.15) is 11.5 Å². The van der Waals surface area contributed by atoms with Crippen molar-refractivity contribution in [1.82, 2.24) is 0 Å². The second-order valence-corrected chi connectivity index (χ2v) is 5.30. The molecule has 9 heteroatoms. The van der Waals surface area contributed by atoms with Gasteiger partial charge in [0.2, 0.25) is 5.91 Å². The standard InChI is InChI=1S/C16H16ClN3O5/c1-24-14-8-13(15(25-2)7-12(14)17)18-9-16(21)19-10-3-5-11(6-4-10)20(22)23/h3-8,18H,9H2,1-2H3,(H,19,21). The van der Waals surface area contributed by atoms with Crippen LogP contribution in [0.25, 0.3) is 0 Å². The largest absolute Gasteiger partial charge is 0.495 e. The Morgan fingerprint density at radius 2 is 1.80 bits per heavy atom. The van der Waals surface area contributed by atoms with E-state index in [9.17, 15) is 14.9 Å². The van der Waals surface area contributed by atoms with Crippen molar-refractivity contribution in [3.8, 4) is 11.5 Å². The lowest BCUT2D eigenvalue weighted by Crippen LogP contribution is -2.22. The zero-order chi connectivity index (χ0) is 18.4. The van der Waals surface area contributed by atoms with Gasteiger partial charge in [-0.2, -0.15) is 0 Å². The van der Waals surface area contributed by atoms with E-state index in [2.05, 4.69) is 10.6 Å². The Morgan fingerprint density at radius 3 is 2.36 bits per heavy atom. The molecule has 0 saturated carbocycles. The van der Waals surface area contributed by atoms with E-state index in [1.807, 2.05) is 0 Å². The summed E-state index contributed by atoms with van der Waals surface area (Å²) in [5.74, 6) is 0.583. The molecule has 0 aliphatic carbocycles. The van der Waals surface area contributed by atoms with Gasteiger partial charge in [-0.15, -0.1) is 0 Å². The van der Waals surface area contributed by atoms with Gasteiger partial charge in [-0.25, -0.2) is 0 Å². The summed E-state index contributed by atoms with van der Waals surface area (Å²) in [6.45, 7) is -0.0435. The van der Waals surface area contributed by atoms with Crippen LogP contribution in [-0.4, -0.2) is 31.6 Å². The van der Waals surface area contributed by atoms with Crippen molar-refractivity contribution in [2.75, 3.05) is 31.4 Å². The van der Waals surface area contributed by atoms with E-state index in [-0.39, 0.29) is 18.1 Å². The van der Waals surface area contributed by atoms with Crippen molar-refractivity contribution in [3.63, 3.8) is 0 Å². The van der Waals surface area contributed by atoms with Gasteiger partial charge in [0.15, 0.2) is 0 Å². The number of carbonyl (C=O) groups is 1. The molecule has 0 radical (unpaired) electrons. The highest BCUT2D eigenvalue weighted by Gasteiger charge is 2.11.